The molecule has 1 nitrogen and oxygen atoms in total. The van der Waals surface area contributed by atoms with Gasteiger partial charge in [0.05, 0.1) is 0 Å². The Morgan fingerprint density at radius 2 is 1.50 bits per heavy atom. The summed E-state index contributed by atoms with van der Waals surface area (Å²) in [5.74, 6) is 0. The molecule has 0 aliphatic heterocycles. The summed E-state index contributed by atoms with van der Waals surface area (Å²) in [7, 11) is 1.72. The van der Waals surface area contributed by atoms with Crippen LogP contribution in [0.25, 0.3) is 0 Å². The van der Waals surface area contributed by atoms with Crippen molar-refractivity contribution in [2.45, 2.75) is 0 Å². The van der Waals surface area contributed by atoms with Crippen LogP contribution in [-0.2, 0) is 21.6 Å². The molecule has 4 heavy (non-hydrogen) atoms. The summed E-state index contributed by atoms with van der Waals surface area (Å²) in [6.07, 6.45) is 0. The van der Waals surface area contributed by atoms with Crippen molar-refractivity contribution in [1.82, 2.24) is 0 Å². The molecular formula is H2LiMnOP. The molecule has 0 spiro atoms. The van der Waals surface area contributed by atoms with Crippen molar-refractivity contribution < 1.29 is 41.9 Å². The van der Waals surface area contributed by atoms with Crippen LogP contribution in [0.5, 0.6) is 0 Å². The van der Waals surface area contributed by atoms with Crippen LogP contribution in [0.3, 0.4) is 0 Å². The van der Waals surface area contributed by atoms with Crippen LogP contribution in [-0.4, -0.2) is 0 Å². The largest absolute Gasteiger partial charge is 1.00 e. The fourth-order valence-corrected chi connectivity index (χ4v) is 0. The van der Waals surface area contributed by atoms with Crippen LogP contribution >= 0.6 is 9.12 Å². The second kappa shape index (κ2) is 29.5. The molecule has 0 heterocycles. The second-order valence-corrected chi connectivity index (χ2v) is 0. The molecule has 0 aromatic carbocycles. The molecule has 0 atom stereocenters. The zero-order valence-electron chi connectivity index (χ0n) is 3.29. The van der Waals surface area contributed by atoms with Gasteiger partial charge in [-0.1, -0.05) is 0 Å². The van der Waals surface area contributed by atoms with Gasteiger partial charge in [-0.3, -0.25) is 4.57 Å². The fraction of sp³-hybridized carbons (Fsp3) is 0. The molecule has 1 radical (unpaired) electrons. The Hall–Kier alpha value is 1.22. The quantitative estimate of drug-likeness (QED) is 0.251. The Labute approximate surface area is 51.3 Å². The first-order chi connectivity index (χ1) is 1.00. The van der Waals surface area contributed by atoms with E-state index in [-0.39, 0.29) is 37.4 Å². The molecule has 0 aliphatic rings. The van der Waals surface area contributed by atoms with Crippen molar-refractivity contribution in [2.24, 2.45) is 0 Å². The molecule has 4 heteroatoms. The molecule has 0 bridgehead atoms. The van der Waals surface area contributed by atoms with Gasteiger partial charge >= 0.3 is 18.9 Å². The van der Waals surface area contributed by atoms with Gasteiger partial charge in [0.15, 0.2) is 0 Å². The van der Waals surface area contributed by atoms with Gasteiger partial charge in [0.1, 0.15) is 9.12 Å². The molecule has 0 aliphatic carbocycles. The third kappa shape index (κ3) is 10.7. The Kier molecular flexibility index (Phi) is 139. The van der Waals surface area contributed by atoms with E-state index in [0.29, 0.717) is 0 Å². The molecule has 0 saturated carbocycles. The van der Waals surface area contributed by atoms with Crippen LogP contribution in [0.2, 0.25) is 0 Å². The van der Waals surface area contributed by atoms with Crippen LogP contribution in [0.4, 0.5) is 0 Å². The molecule has 21 valence electrons. The Morgan fingerprint density at radius 1 is 1.50 bits per heavy atom. The van der Waals surface area contributed by atoms with Crippen LogP contribution < -0.4 is 18.9 Å². The van der Waals surface area contributed by atoms with Gasteiger partial charge in [-0.25, -0.2) is 0 Å². The zero-order chi connectivity index (χ0) is 2.00. The summed E-state index contributed by atoms with van der Waals surface area (Å²) in [4.78, 5) is 0. The molecular weight excluding hydrogens is 109 g/mol. The van der Waals surface area contributed by atoms with E-state index in [1.807, 2.05) is 0 Å². The van der Waals surface area contributed by atoms with Crippen LogP contribution in [0.1, 0.15) is 1.43 Å². The standard InChI is InChI=1S/Li.Mn.HOP.H/c;;1-2;/h;;2H;/q+1;;;-1. The summed E-state index contributed by atoms with van der Waals surface area (Å²) < 4.78 is 8.06. The van der Waals surface area contributed by atoms with Gasteiger partial charge in [0, 0.05) is 17.1 Å². The molecule has 0 aromatic heterocycles. The molecule has 0 saturated heterocycles. The molecule has 0 N–H and O–H groups in total. The van der Waals surface area contributed by atoms with Crippen LogP contribution in [0, 0.1) is 0 Å². The molecule has 0 rings (SSSR count). The summed E-state index contributed by atoms with van der Waals surface area (Å²) in [5, 5.41) is 0. The average Bonchev–Trinajstić information content (AvgIpc) is 1.00. The first kappa shape index (κ1) is 18.9. The van der Waals surface area contributed by atoms with E-state index >= 15 is 0 Å². The van der Waals surface area contributed by atoms with Gasteiger partial charge in [-0.15, -0.1) is 0 Å². The van der Waals surface area contributed by atoms with E-state index in [1.165, 1.54) is 0 Å². The summed E-state index contributed by atoms with van der Waals surface area (Å²) in [6.45, 7) is 0. The third-order valence-corrected chi connectivity index (χ3v) is 0. The van der Waals surface area contributed by atoms with E-state index in [2.05, 4.69) is 0 Å². The zero-order valence-corrected chi connectivity index (χ0v) is 4.47. The van der Waals surface area contributed by atoms with E-state index in [9.17, 15) is 0 Å². The van der Waals surface area contributed by atoms with Gasteiger partial charge in [0.25, 0.3) is 0 Å². The van der Waals surface area contributed by atoms with Crippen LogP contribution in [0.15, 0.2) is 0 Å². The van der Waals surface area contributed by atoms with Crippen molar-refractivity contribution in [2.75, 3.05) is 0 Å². The SMILES string of the molecule is O=P.[H-].[Li+].[Mn]. The van der Waals surface area contributed by atoms with E-state index in [1.54, 1.807) is 9.12 Å². The number of rotatable bonds is 0. The maximum atomic E-state index is 8.06. The monoisotopic (exact) mass is 111 g/mol. The summed E-state index contributed by atoms with van der Waals surface area (Å²) in [6, 6.07) is 0. The molecule has 0 amide bonds. The normalized spacial score (nSPS) is 1.00. The van der Waals surface area contributed by atoms with E-state index in [4.69, 9.17) is 4.57 Å². The van der Waals surface area contributed by atoms with Crippen molar-refractivity contribution in [3.63, 3.8) is 0 Å². The molecule has 0 aromatic rings. The van der Waals surface area contributed by atoms with E-state index < -0.39 is 0 Å². The number of hydrogen-bond acceptors (Lipinski definition) is 1. The minimum Gasteiger partial charge on any atom is -1.00 e. The minimum absolute atomic E-state index is 0. The van der Waals surface area contributed by atoms with Gasteiger partial charge in [-0.2, -0.15) is 0 Å². The fourth-order valence-electron chi connectivity index (χ4n) is 0. The molecule has 0 unspecified atom stereocenters. The van der Waals surface area contributed by atoms with Gasteiger partial charge in [-0.05, 0) is 0 Å². The second-order valence-electron chi connectivity index (χ2n) is 0. The summed E-state index contributed by atoms with van der Waals surface area (Å²) in [5.41, 5.74) is 0. The Bertz CT molecular complexity index is 11.6. The first-order valence-corrected chi connectivity index (χ1v) is 0.612. The van der Waals surface area contributed by atoms with Gasteiger partial charge in [0.2, 0.25) is 0 Å². The topological polar surface area (TPSA) is 17.1 Å². The average molecular weight is 111 g/mol. The van der Waals surface area contributed by atoms with E-state index in [0.717, 1.165) is 0 Å². The van der Waals surface area contributed by atoms with Crippen molar-refractivity contribution in [3.05, 3.63) is 0 Å². The minimum atomic E-state index is 0. The van der Waals surface area contributed by atoms with Crippen molar-refractivity contribution in [1.29, 1.82) is 0 Å². The first-order valence-electron chi connectivity index (χ1n) is 0.204. The maximum Gasteiger partial charge on any atom is 1.00 e. The predicted molar refractivity (Wildman–Crippen MR) is 10.1 cm³/mol. The third-order valence-electron chi connectivity index (χ3n) is 0. The maximum absolute atomic E-state index is 8.06. The predicted octanol–water partition coefficient (Wildman–Crippen LogP) is -2.41. The Morgan fingerprint density at radius 3 is 1.50 bits per heavy atom. The Balaban J connectivity index is -0.00000000167. The van der Waals surface area contributed by atoms with Crippen molar-refractivity contribution in [3.8, 4) is 0 Å². The number of hydrogen-bond donors (Lipinski definition) is 0. The molecule has 0 fully saturated rings. The van der Waals surface area contributed by atoms with Gasteiger partial charge < -0.3 is 1.43 Å². The smallest absolute Gasteiger partial charge is 1.00 e. The van der Waals surface area contributed by atoms with Crippen molar-refractivity contribution >= 4 is 9.12 Å². The summed E-state index contributed by atoms with van der Waals surface area (Å²) >= 11 is 0.